The van der Waals surface area contributed by atoms with Gasteiger partial charge in [-0.25, -0.2) is 0 Å². The predicted octanol–water partition coefficient (Wildman–Crippen LogP) is 8.48. The molecule has 0 bridgehead atoms. The van der Waals surface area contributed by atoms with Crippen LogP contribution in [-0.2, 0) is 0 Å². The minimum absolute atomic E-state index is 0.137. The summed E-state index contributed by atoms with van der Waals surface area (Å²) in [5.41, 5.74) is 12.0. The van der Waals surface area contributed by atoms with Crippen LogP contribution in [0.3, 0.4) is 0 Å². The van der Waals surface area contributed by atoms with Crippen LogP contribution in [0, 0.1) is 0 Å². The molecule has 4 heterocycles. The molecule has 2 aliphatic heterocycles. The summed E-state index contributed by atoms with van der Waals surface area (Å²) in [6.45, 7) is 0.137. The second-order valence-electron chi connectivity index (χ2n) is 12.8. The lowest BCUT2D eigenvalue weighted by molar-refractivity contribution is 1.14. The monoisotopic (exact) mass is 566 g/mol. The molecule has 10 aromatic rings. The van der Waals surface area contributed by atoms with E-state index in [0.717, 1.165) is 0 Å². The molecular formula is C42H23BN2. The van der Waals surface area contributed by atoms with Crippen LogP contribution in [0.2, 0.25) is 0 Å². The molecule has 0 saturated carbocycles. The van der Waals surface area contributed by atoms with Gasteiger partial charge in [-0.15, -0.1) is 0 Å². The zero-order chi connectivity index (χ0) is 29.0. The van der Waals surface area contributed by atoms with E-state index in [0.29, 0.717) is 0 Å². The smallest absolute Gasteiger partial charge is 0.252 e. The van der Waals surface area contributed by atoms with Crippen molar-refractivity contribution in [1.82, 2.24) is 9.13 Å². The van der Waals surface area contributed by atoms with Gasteiger partial charge >= 0.3 is 0 Å². The van der Waals surface area contributed by atoms with Crippen molar-refractivity contribution in [3.63, 3.8) is 0 Å². The lowest BCUT2D eigenvalue weighted by Gasteiger charge is -2.33. The quantitative estimate of drug-likeness (QED) is 0.163. The molecule has 2 aromatic heterocycles. The van der Waals surface area contributed by atoms with E-state index in [-0.39, 0.29) is 6.71 Å². The van der Waals surface area contributed by atoms with Crippen molar-refractivity contribution in [3.05, 3.63) is 140 Å². The van der Waals surface area contributed by atoms with E-state index in [1.54, 1.807) is 0 Å². The Morgan fingerprint density at radius 3 is 1.67 bits per heavy atom. The van der Waals surface area contributed by atoms with Gasteiger partial charge in [-0.2, -0.15) is 0 Å². The van der Waals surface area contributed by atoms with Gasteiger partial charge in [0.2, 0.25) is 0 Å². The zero-order valence-corrected chi connectivity index (χ0v) is 24.3. The van der Waals surface area contributed by atoms with Gasteiger partial charge in [-0.1, -0.05) is 115 Å². The summed E-state index contributed by atoms with van der Waals surface area (Å²) in [4.78, 5) is 0. The van der Waals surface area contributed by atoms with Crippen LogP contribution in [0.15, 0.2) is 140 Å². The first-order chi connectivity index (χ1) is 22.4. The molecule has 0 aliphatic carbocycles. The van der Waals surface area contributed by atoms with Crippen molar-refractivity contribution >= 4 is 99.0 Å². The molecule has 2 nitrogen and oxygen atoms in total. The summed E-state index contributed by atoms with van der Waals surface area (Å²) in [5, 5.41) is 13.2. The van der Waals surface area contributed by atoms with Crippen LogP contribution in [0.4, 0.5) is 0 Å². The minimum Gasteiger partial charge on any atom is -0.310 e. The van der Waals surface area contributed by atoms with E-state index in [2.05, 4.69) is 149 Å². The molecule has 12 rings (SSSR count). The lowest BCUT2D eigenvalue weighted by atomic mass is 9.34. The Kier molecular flexibility index (Phi) is 3.85. The summed E-state index contributed by atoms with van der Waals surface area (Å²) in [5.74, 6) is 0. The predicted molar refractivity (Wildman–Crippen MR) is 192 cm³/mol. The molecule has 0 amide bonds. The molecule has 0 N–H and O–H groups in total. The highest BCUT2D eigenvalue weighted by molar-refractivity contribution is 7.00. The first kappa shape index (κ1) is 22.7. The second-order valence-corrected chi connectivity index (χ2v) is 12.8. The molecule has 204 valence electrons. The fraction of sp³-hybridized carbons (Fsp3) is 0. The highest BCUT2D eigenvalue weighted by Gasteiger charge is 2.41. The molecule has 0 fully saturated rings. The van der Waals surface area contributed by atoms with E-state index in [4.69, 9.17) is 0 Å². The maximum absolute atomic E-state index is 2.58. The Morgan fingerprint density at radius 2 is 0.933 bits per heavy atom. The molecule has 0 atom stereocenters. The molecule has 0 spiro atoms. The van der Waals surface area contributed by atoms with Gasteiger partial charge in [0.15, 0.2) is 0 Å². The largest absolute Gasteiger partial charge is 0.310 e. The van der Waals surface area contributed by atoms with Crippen molar-refractivity contribution in [2.24, 2.45) is 0 Å². The first-order valence-corrected chi connectivity index (χ1v) is 15.8. The maximum Gasteiger partial charge on any atom is 0.252 e. The Bertz CT molecular complexity index is 2990. The Labute approximate surface area is 258 Å². The van der Waals surface area contributed by atoms with Crippen molar-refractivity contribution in [1.29, 1.82) is 0 Å². The van der Waals surface area contributed by atoms with Crippen LogP contribution >= 0.6 is 0 Å². The van der Waals surface area contributed by atoms with Crippen molar-refractivity contribution in [2.75, 3.05) is 0 Å². The third-order valence-electron chi connectivity index (χ3n) is 10.8. The summed E-state index contributed by atoms with van der Waals surface area (Å²) in [7, 11) is 0. The molecule has 3 heteroatoms. The van der Waals surface area contributed by atoms with Crippen LogP contribution in [0.25, 0.3) is 87.3 Å². The van der Waals surface area contributed by atoms with Crippen LogP contribution in [-0.4, -0.2) is 15.8 Å². The van der Waals surface area contributed by atoms with Gasteiger partial charge in [-0.3, -0.25) is 0 Å². The van der Waals surface area contributed by atoms with Crippen molar-refractivity contribution in [2.45, 2.75) is 0 Å². The van der Waals surface area contributed by atoms with Gasteiger partial charge in [0.05, 0.1) is 16.6 Å². The van der Waals surface area contributed by atoms with Gasteiger partial charge in [0.1, 0.15) is 0 Å². The molecule has 45 heavy (non-hydrogen) atoms. The Morgan fingerprint density at radius 1 is 0.378 bits per heavy atom. The average molecular weight is 566 g/mol. The molecule has 0 unspecified atom stereocenters. The number of hydrogen-bond donors (Lipinski definition) is 0. The minimum atomic E-state index is 0.137. The molecular weight excluding hydrogens is 543 g/mol. The Hall–Kier alpha value is -5.80. The second kappa shape index (κ2) is 7.64. The third kappa shape index (κ3) is 2.51. The van der Waals surface area contributed by atoms with Gasteiger partial charge in [0, 0.05) is 38.4 Å². The number of aromatic nitrogens is 2. The maximum atomic E-state index is 2.58. The summed E-state index contributed by atoms with van der Waals surface area (Å²) < 4.78 is 5.15. The SMILES string of the molecule is c1cc2c3c(c1)-n1c4ccc5ccccc5c4c4c5ccccc5cc(c41)B3c1cccc3c4c5ccccc5ccc4n-2c13. The number of rotatable bonds is 0. The number of hydrogen-bond acceptors (Lipinski definition) is 0. The lowest BCUT2D eigenvalue weighted by Crippen LogP contribution is -2.59. The number of benzene rings is 8. The van der Waals surface area contributed by atoms with E-state index >= 15 is 0 Å². The average Bonchev–Trinajstić information content (AvgIpc) is 3.64. The van der Waals surface area contributed by atoms with Crippen LogP contribution in [0.5, 0.6) is 0 Å². The molecule has 0 saturated heterocycles. The summed E-state index contributed by atoms with van der Waals surface area (Å²) in [6.07, 6.45) is 0. The molecule has 8 aromatic carbocycles. The summed E-state index contributed by atoms with van der Waals surface area (Å²) >= 11 is 0. The standard InChI is InChI=1S/C42H23BN2/c1-4-12-27-24(9-1)19-21-33-37(27)30-15-7-16-31-41(30)44(33)35-17-8-18-36-40(35)43(31)32-23-26-11-3-6-14-29(26)39-38-28-13-5-2-10-25(28)20-22-34(38)45(36)42(32)39/h1-23H. The normalized spacial score (nSPS) is 13.3. The van der Waals surface area contributed by atoms with E-state index in [9.17, 15) is 0 Å². The van der Waals surface area contributed by atoms with Gasteiger partial charge < -0.3 is 9.13 Å². The molecule has 0 radical (unpaired) electrons. The Balaban J connectivity index is 1.35. The first-order valence-electron chi connectivity index (χ1n) is 15.8. The van der Waals surface area contributed by atoms with Crippen molar-refractivity contribution < 1.29 is 0 Å². The van der Waals surface area contributed by atoms with E-state index in [1.165, 1.54) is 104 Å². The fourth-order valence-electron chi connectivity index (χ4n) is 9.20. The van der Waals surface area contributed by atoms with Gasteiger partial charge in [0.25, 0.3) is 6.71 Å². The summed E-state index contributed by atoms with van der Waals surface area (Å²) in [6, 6.07) is 52.4. The van der Waals surface area contributed by atoms with Crippen LogP contribution in [0.1, 0.15) is 0 Å². The highest BCUT2D eigenvalue weighted by atomic mass is 15.0. The van der Waals surface area contributed by atoms with Crippen LogP contribution < -0.4 is 16.4 Å². The topological polar surface area (TPSA) is 9.86 Å². The van der Waals surface area contributed by atoms with Crippen molar-refractivity contribution in [3.8, 4) is 11.4 Å². The fourth-order valence-corrected chi connectivity index (χ4v) is 9.20. The highest BCUT2D eigenvalue weighted by Crippen LogP contribution is 2.43. The number of fused-ring (bicyclic) bond motifs is 16. The zero-order valence-electron chi connectivity index (χ0n) is 24.3. The van der Waals surface area contributed by atoms with Gasteiger partial charge in [-0.05, 0) is 73.0 Å². The third-order valence-corrected chi connectivity index (χ3v) is 10.8. The van der Waals surface area contributed by atoms with E-state index in [1.807, 2.05) is 0 Å². The molecule has 2 aliphatic rings. The number of para-hydroxylation sites is 1. The number of nitrogens with zero attached hydrogens (tertiary/aromatic N) is 2. The van der Waals surface area contributed by atoms with E-state index < -0.39 is 0 Å².